The molecule has 0 N–H and O–H groups in total. The molecule has 0 aliphatic heterocycles. The van der Waals surface area contributed by atoms with Gasteiger partial charge in [0.2, 0.25) is 5.88 Å². The van der Waals surface area contributed by atoms with Crippen LogP contribution in [0, 0.1) is 23.7 Å². The number of hydrogen-bond acceptors (Lipinski definition) is 4. The van der Waals surface area contributed by atoms with E-state index in [0.717, 1.165) is 15.6 Å². The van der Waals surface area contributed by atoms with Crippen LogP contribution in [0.15, 0.2) is 92.7 Å². The van der Waals surface area contributed by atoms with Gasteiger partial charge in [-0.15, -0.1) is 6.42 Å². The lowest BCUT2D eigenvalue weighted by Gasteiger charge is -2.06. The average molecular weight is 481 g/mol. The molecule has 4 nitrogen and oxygen atoms in total. The predicted molar refractivity (Wildman–Crippen MR) is 130 cm³/mol. The molecule has 3 aromatic carbocycles. The van der Waals surface area contributed by atoms with Gasteiger partial charge >= 0.3 is 0 Å². The summed E-state index contributed by atoms with van der Waals surface area (Å²) in [5.74, 6) is 3.87. The molecule has 5 heteroatoms. The van der Waals surface area contributed by atoms with Gasteiger partial charge in [-0.05, 0) is 23.8 Å². The lowest BCUT2D eigenvalue weighted by atomic mass is 9.98. The van der Waals surface area contributed by atoms with Gasteiger partial charge in [-0.2, -0.15) is 5.26 Å². The standard InChI is InChI=1S/C27H17BrN2O2/c1-2-15-31-24-14-13-22(28)16-21(24)18-30-27-23(17-29)25(19-9-5-3-6-10-19)26(32-27)20-11-7-4-8-12-20/h1,3-14,16,18H,15H2/b30-18+. The number of hydrogen-bond donors (Lipinski definition) is 0. The molecule has 0 fully saturated rings. The fraction of sp³-hybridized carbons (Fsp3) is 0.0370. The monoisotopic (exact) mass is 480 g/mol. The predicted octanol–water partition coefficient (Wildman–Crippen LogP) is 7.01. The topological polar surface area (TPSA) is 58.5 Å². The summed E-state index contributed by atoms with van der Waals surface area (Å²) in [6, 6.07) is 27.2. The van der Waals surface area contributed by atoms with Crippen molar-refractivity contribution >= 4 is 28.0 Å². The first-order valence-electron chi connectivity index (χ1n) is 9.79. The van der Waals surface area contributed by atoms with Crippen LogP contribution in [0.5, 0.6) is 5.75 Å². The van der Waals surface area contributed by atoms with Gasteiger partial charge in [-0.1, -0.05) is 82.5 Å². The van der Waals surface area contributed by atoms with Crippen LogP contribution in [0.25, 0.3) is 22.5 Å². The van der Waals surface area contributed by atoms with Crippen molar-refractivity contribution in [1.29, 1.82) is 5.26 Å². The lowest BCUT2D eigenvalue weighted by molar-refractivity contribution is 0.370. The Morgan fingerprint density at radius 2 is 1.69 bits per heavy atom. The minimum Gasteiger partial charge on any atom is -0.480 e. The van der Waals surface area contributed by atoms with Crippen molar-refractivity contribution in [2.24, 2.45) is 4.99 Å². The fourth-order valence-corrected chi connectivity index (χ4v) is 3.66. The van der Waals surface area contributed by atoms with Gasteiger partial charge in [0.05, 0.1) is 0 Å². The maximum atomic E-state index is 9.99. The highest BCUT2D eigenvalue weighted by atomic mass is 79.9. The quantitative estimate of drug-likeness (QED) is 0.220. The number of nitriles is 1. The highest BCUT2D eigenvalue weighted by Gasteiger charge is 2.22. The van der Waals surface area contributed by atoms with Crippen LogP contribution in [-0.4, -0.2) is 12.8 Å². The maximum absolute atomic E-state index is 9.99. The van der Waals surface area contributed by atoms with Crippen molar-refractivity contribution in [3.05, 3.63) is 94.5 Å². The van der Waals surface area contributed by atoms with E-state index in [2.05, 4.69) is 32.9 Å². The highest BCUT2D eigenvalue weighted by molar-refractivity contribution is 9.10. The van der Waals surface area contributed by atoms with E-state index in [1.54, 1.807) is 12.3 Å². The van der Waals surface area contributed by atoms with Crippen LogP contribution >= 0.6 is 15.9 Å². The number of rotatable bonds is 6. The lowest BCUT2D eigenvalue weighted by Crippen LogP contribution is -1.97. The molecule has 0 saturated carbocycles. The van der Waals surface area contributed by atoms with Gasteiger partial charge < -0.3 is 9.15 Å². The van der Waals surface area contributed by atoms with Gasteiger partial charge in [-0.25, -0.2) is 4.99 Å². The number of aliphatic imine (C=N–C) groups is 1. The second-order valence-corrected chi connectivity index (χ2v) is 7.68. The van der Waals surface area contributed by atoms with Crippen LogP contribution in [0.2, 0.25) is 0 Å². The van der Waals surface area contributed by atoms with Crippen LogP contribution < -0.4 is 4.74 Å². The molecule has 4 aromatic rings. The Morgan fingerprint density at radius 3 is 2.34 bits per heavy atom. The van der Waals surface area contributed by atoms with E-state index in [9.17, 15) is 5.26 Å². The number of halogens is 1. The summed E-state index contributed by atoms with van der Waals surface area (Å²) >= 11 is 3.46. The van der Waals surface area contributed by atoms with E-state index in [1.165, 1.54) is 0 Å². The maximum Gasteiger partial charge on any atom is 0.238 e. The minimum atomic E-state index is 0.142. The number of terminal acetylenes is 1. The smallest absolute Gasteiger partial charge is 0.238 e. The molecule has 32 heavy (non-hydrogen) atoms. The second kappa shape index (κ2) is 9.83. The van der Waals surface area contributed by atoms with E-state index in [4.69, 9.17) is 15.6 Å². The molecule has 0 radical (unpaired) electrons. The highest BCUT2D eigenvalue weighted by Crippen LogP contribution is 2.42. The molecular formula is C27H17BrN2O2. The molecule has 0 bridgehead atoms. The molecule has 0 aliphatic carbocycles. The van der Waals surface area contributed by atoms with Gasteiger partial charge in [0, 0.05) is 27.4 Å². The van der Waals surface area contributed by atoms with E-state index in [1.807, 2.05) is 72.8 Å². The van der Waals surface area contributed by atoms with Crippen molar-refractivity contribution in [1.82, 2.24) is 0 Å². The summed E-state index contributed by atoms with van der Waals surface area (Å²) in [6.07, 6.45) is 6.93. The molecule has 1 heterocycles. The Balaban J connectivity index is 1.85. The molecule has 4 rings (SSSR count). The number of ether oxygens (including phenoxy) is 1. The van der Waals surface area contributed by atoms with E-state index in [-0.39, 0.29) is 12.5 Å². The largest absolute Gasteiger partial charge is 0.480 e. The number of furan rings is 1. The Bertz CT molecular complexity index is 1340. The Kier molecular flexibility index (Phi) is 6.51. The first-order valence-corrected chi connectivity index (χ1v) is 10.6. The first-order chi connectivity index (χ1) is 15.7. The van der Waals surface area contributed by atoms with Crippen molar-refractivity contribution in [3.8, 4) is 46.6 Å². The van der Waals surface area contributed by atoms with Crippen molar-refractivity contribution in [3.63, 3.8) is 0 Å². The van der Waals surface area contributed by atoms with Crippen LogP contribution in [0.4, 0.5) is 5.88 Å². The van der Waals surface area contributed by atoms with Gasteiger partial charge in [0.25, 0.3) is 0 Å². The third-order valence-corrected chi connectivity index (χ3v) is 5.20. The molecule has 1 aromatic heterocycles. The molecule has 0 unspecified atom stereocenters. The Labute approximate surface area is 194 Å². The summed E-state index contributed by atoms with van der Waals surface area (Å²) in [7, 11) is 0. The van der Waals surface area contributed by atoms with E-state index in [0.29, 0.717) is 28.2 Å². The summed E-state index contributed by atoms with van der Waals surface area (Å²) in [5.41, 5.74) is 3.53. The molecule has 154 valence electrons. The Hall–Kier alpha value is -4.06. The normalized spacial score (nSPS) is 10.6. The number of nitrogens with zero attached hydrogens (tertiary/aromatic N) is 2. The molecule has 0 atom stereocenters. The van der Waals surface area contributed by atoms with Crippen molar-refractivity contribution < 1.29 is 9.15 Å². The van der Waals surface area contributed by atoms with Crippen molar-refractivity contribution in [2.75, 3.05) is 6.61 Å². The molecule has 0 spiro atoms. The van der Waals surface area contributed by atoms with E-state index >= 15 is 0 Å². The van der Waals surface area contributed by atoms with Gasteiger partial charge in [-0.3, -0.25) is 0 Å². The van der Waals surface area contributed by atoms with Crippen LogP contribution in [-0.2, 0) is 0 Å². The molecule has 0 amide bonds. The summed E-state index contributed by atoms with van der Waals surface area (Å²) in [4.78, 5) is 4.52. The van der Waals surface area contributed by atoms with Crippen LogP contribution in [0.1, 0.15) is 11.1 Å². The summed E-state index contributed by atoms with van der Waals surface area (Å²) in [6.45, 7) is 0.142. The Morgan fingerprint density at radius 1 is 1.00 bits per heavy atom. The minimum absolute atomic E-state index is 0.142. The molecule has 0 aliphatic rings. The molecular weight excluding hydrogens is 464 g/mol. The van der Waals surface area contributed by atoms with Gasteiger partial charge in [0.1, 0.15) is 29.7 Å². The zero-order valence-corrected chi connectivity index (χ0v) is 18.5. The third-order valence-electron chi connectivity index (χ3n) is 4.70. The zero-order chi connectivity index (χ0) is 22.3. The first kappa shape index (κ1) is 21.2. The summed E-state index contributed by atoms with van der Waals surface area (Å²) in [5, 5.41) is 9.99. The van der Waals surface area contributed by atoms with Crippen LogP contribution in [0.3, 0.4) is 0 Å². The average Bonchev–Trinajstić information content (AvgIpc) is 3.22. The van der Waals surface area contributed by atoms with E-state index < -0.39 is 0 Å². The van der Waals surface area contributed by atoms with Gasteiger partial charge in [0.15, 0.2) is 0 Å². The third kappa shape index (κ3) is 4.49. The summed E-state index contributed by atoms with van der Waals surface area (Å²) < 4.78 is 12.6. The number of benzene rings is 3. The second-order valence-electron chi connectivity index (χ2n) is 6.76. The molecule has 0 saturated heterocycles. The fourth-order valence-electron chi connectivity index (χ4n) is 3.29. The zero-order valence-electron chi connectivity index (χ0n) is 17.0. The van der Waals surface area contributed by atoms with Crippen molar-refractivity contribution in [2.45, 2.75) is 0 Å². The SMILES string of the molecule is C#CCOc1ccc(Br)cc1/C=N/c1oc(-c2ccccc2)c(-c2ccccc2)c1C#N.